The first-order chi connectivity index (χ1) is 18.5. The molecule has 2 aromatic carbocycles. The number of para-hydroxylation sites is 1. The molecular formula is C30H43ClN4O2S. The number of nitrogens with one attached hydrogen (secondary N) is 3. The normalized spacial score (nSPS) is 12.5. The maximum absolute atomic E-state index is 8.62. The van der Waals surface area contributed by atoms with E-state index in [1.165, 1.54) is 63.1 Å². The van der Waals surface area contributed by atoms with Crippen LogP contribution in [-0.2, 0) is 0 Å². The smallest absolute Gasteiger partial charge is 0.150 e. The van der Waals surface area contributed by atoms with Gasteiger partial charge >= 0.3 is 0 Å². The van der Waals surface area contributed by atoms with E-state index in [0.717, 1.165) is 30.6 Å². The van der Waals surface area contributed by atoms with Gasteiger partial charge in [0.15, 0.2) is 5.75 Å². The Hall–Kier alpha value is -2.38. The van der Waals surface area contributed by atoms with Crippen LogP contribution in [0.25, 0.3) is 0 Å². The zero-order chi connectivity index (χ0) is 27.3. The molecule has 0 fully saturated rings. The largest absolute Gasteiger partial charge is 0.492 e. The quantitative estimate of drug-likeness (QED) is 0.108. The summed E-state index contributed by atoms with van der Waals surface area (Å²) >= 11 is 8.45. The summed E-state index contributed by atoms with van der Waals surface area (Å²) in [4.78, 5) is 1.53. The fourth-order valence-corrected chi connectivity index (χ4v) is 5.88. The fourth-order valence-electron chi connectivity index (χ4n) is 4.54. The highest BCUT2D eigenvalue weighted by Gasteiger charge is 2.35. The van der Waals surface area contributed by atoms with E-state index in [0.29, 0.717) is 51.4 Å². The van der Waals surface area contributed by atoms with Crippen LogP contribution in [0.5, 0.6) is 11.5 Å². The van der Waals surface area contributed by atoms with E-state index in [2.05, 4.69) is 19.2 Å². The minimum absolute atomic E-state index is 0.116. The number of anilines is 1. The number of nitrogens with two attached hydrogens (primary N) is 1. The summed E-state index contributed by atoms with van der Waals surface area (Å²) in [7, 11) is 0. The van der Waals surface area contributed by atoms with Crippen LogP contribution >= 0.6 is 23.4 Å². The molecule has 0 saturated carbocycles. The summed E-state index contributed by atoms with van der Waals surface area (Å²) in [6.07, 6.45) is 13.8. The van der Waals surface area contributed by atoms with E-state index in [1.54, 1.807) is 0 Å². The maximum Gasteiger partial charge on any atom is 0.150 e. The molecule has 6 nitrogen and oxygen atoms in total. The van der Waals surface area contributed by atoms with Crippen molar-refractivity contribution in [2.75, 3.05) is 18.9 Å². The first kappa shape index (κ1) is 30.2. The van der Waals surface area contributed by atoms with Crippen molar-refractivity contribution < 1.29 is 9.47 Å². The van der Waals surface area contributed by atoms with Gasteiger partial charge in [-0.1, -0.05) is 114 Å². The molecule has 0 saturated heterocycles. The third-order valence-electron chi connectivity index (χ3n) is 6.68. The summed E-state index contributed by atoms with van der Waals surface area (Å²) < 4.78 is 12.6. The van der Waals surface area contributed by atoms with E-state index in [-0.39, 0.29) is 11.7 Å². The Morgan fingerprint density at radius 1 is 0.763 bits per heavy atom. The molecule has 0 atom stereocenters. The lowest BCUT2D eigenvalue weighted by Gasteiger charge is -2.20. The van der Waals surface area contributed by atoms with E-state index in [9.17, 15) is 0 Å². The van der Waals surface area contributed by atoms with Gasteiger partial charge in [-0.05, 0) is 25.0 Å². The number of hydrogen-bond acceptors (Lipinski definition) is 6. The third kappa shape index (κ3) is 8.06. The Bertz CT molecular complexity index is 1090. The number of fused-ring (bicyclic) bond motifs is 1. The molecule has 0 radical (unpaired) electrons. The van der Waals surface area contributed by atoms with Crippen molar-refractivity contribution in [2.45, 2.75) is 101 Å². The minimum atomic E-state index is 0.116. The molecule has 208 valence electrons. The lowest BCUT2D eigenvalue weighted by atomic mass is 10.1. The average Bonchev–Trinajstić information content (AvgIpc) is 3.20. The van der Waals surface area contributed by atoms with Gasteiger partial charge in [0.05, 0.1) is 29.2 Å². The summed E-state index contributed by atoms with van der Waals surface area (Å²) in [6, 6.07) is 7.64. The van der Waals surface area contributed by atoms with Crippen LogP contribution in [0.3, 0.4) is 0 Å². The van der Waals surface area contributed by atoms with Crippen molar-refractivity contribution in [3.05, 3.63) is 40.4 Å². The Kier molecular flexibility index (Phi) is 12.6. The third-order valence-corrected chi connectivity index (χ3v) is 8.34. The molecule has 1 aliphatic rings. The SMILES string of the molecule is CCCCCCCCOc1c(Cl)c(Sc2ccccc2N)c(OCCCCCCCC)c2c1C(=N)NC2=N. The Labute approximate surface area is 237 Å². The second-order valence-electron chi connectivity index (χ2n) is 9.80. The second-order valence-corrected chi connectivity index (χ2v) is 11.2. The molecule has 0 aromatic heterocycles. The summed E-state index contributed by atoms with van der Waals surface area (Å²) in [5.41, 5.74) is 7.97. The highest BCUT2D eigenvalue weighted by molar-refractivity contribution is 7.99. The number of amidine groups is 2. The Morgan fingerprint density at radius 2 is 1.26 bits per heavy atom. The minimum Gasteiger partial charge on any atom is -0.492 e. The van der Waals surface area contributed by atoms with Crippen molar-refractivity contribution >= 4 is 40.7 Å². The average molecular weight is 559 g/mol. The zero-order valence-corrected chi connectivity index (χ0v) is 24.5. The first-order valence-electron chi connectivity index (χ1n) is 14.1. The highest BCUT2D eigenvalue weighted by Crippen LogP contribution is 2.51. The lowest BCUT2D eigenvalue weighted by Crippen LogP contribution is -2.20. The molecule has 2 aromatic rings. The summed E-state index contributed by atoms with van der Waals surface area (Å²) in [5, 5.41) is 20.4. The van der Waals surface area contributed by atoms with Gasteiger partial charge in [-0.3, -0.25) is 10.8 Å². The predicted molar refractivity (Wildman–Crippen MR) is 161 cm³/mol. The van der Waals surface area contributed by atoms with Gasteiger partial charge in [0.1, 0.15) is 22.4 Å². The van der Waals surface area contributed by atoms with Crippen molar-refractivity contribution in [1.29, 1.82) is 10.8 Å². The molecule has 0 amide bonds. The van der Waals surface area contributed by atoms with E-state index < -0.39 is 0 Å². The number of hydrogen-bond donors (Lipinski definition) is 4. The fraction of sp³-hybridized carbons (Fsp3) is 0.533. The monoisotopic (exact) mass is 558 g/mol. The standard InChI is InChI=1S/C30H43ClN4O2S/c1-3-5-7-9-11-15-19-36-26-23-24(30(34)35-29(23)33)27(37-20-16-12-10-8-6-4-2)28(25(26)31)38-22-18-14-13-17-21(22)32/h13-14,17-18H,3-12,15-16,19-20,32H2,1-2H3,(H3,33,34,35). The molecule has 1 heterocycles. The molecule has 0 bridgehead atoms. The van der Waals surface area contributed by atoms with Gasteiger partial charge in [-0.25, -0.2) is 0 Å². The van der Waals surface area contributed by atoms with Crippen molar-refractivity contribution in [3.8, 4) is 11.5 Å². The number of nitrogen functional groups attached to an aromatic ring is 1. The predicted octanol–water partition coefficient (Wildman–Crippen LogP) is 8.81. The number of halogens is 1. The Morgan fingerprint density at radius 3 is 1.84 bits per heavy atom. The molecule has 1 aliphatic heterocycles. The molecule has 0 aliphatic carbocycles. The number of rotatable bonds is 18. The first-order valence-corrected chi connectivity index (χ1v) is 15.3. The van der Waals surface area contributed by atoms with Crippen LogP contribution in [0.1, 0.15) is 102 Å². The molecule has 3 rings (SSSR count). The summed E-state index contributed by atoms with van der Waals surface area (Å²) in [6.45, 7) is 5.46. The van der Waals surface area contributed by atoms with Crippen LogP contribution in [0.4, 0.5) is 5.69 Å². The molecular weight excluding hydrogens is 516 g/mol. The van der Waals surface area contributed by atoms with Crippen molar-refractivity contribution in [1.82, 2.24) is 5.32 Å². The number of benzene rings is 2. The van der Waals surface area contributed by atoms with E-state index in [4.69, 9.17) is 37.6 Å². The molecule has 38 heavy (non-hydrogen) atoms. The van der Waals surface area contributed by atoms with Gasteiger partial charge < -0.3 is 20.5 Å². The van der Waals surface area contributed by atoms with Gasteiger partial charge in [-0.15, -0.1) is 0 Å². The number of ether oxygens (including phenoxy) is 2. The molecule has 8 heteroatoms. The maximum atomic E-state index is 8.62. The van der Waals surface area contributed by atoms with Gasteiger partial charge in [0.25, 0.3) is 0 Å². The lowest BCUT2D eigenvalue weighted by molar-refractivity contribution is 0.290. The van der Waals surface area contributed by atoms with Gasteiger partial charge in [0, 0.05) is 10.6 Å². The van der Waals surface area contributed by atoms with Crippen LogP contribution in [0, 0.1) is 10.8 Å². The van der Waals surface area contributed by atoms with Crippen molar-refractivity contribution in [2.24, 2.45) is 0 Å². The van der Waals surface area contributed by atoms with E-state index >= 15 is 0 Å². The van der Waals surface area contributed by atoms with Gasteiger partial charge in [-0.2, -0.15) is 0 Å². The van der Waals surface area contributed by atoms with Gasteiger partial charge in [0.2, 0.25) is 0 Å². The number of unbranched alkanes of at least 4 members (excludes halogenated alkanes) is 10. The topological polar surface area (TPSA) is 104 Å². The van der Waals surface area contributed by atoms with Crippen LogP contribution in [0.15, 0.2) is 34.1 Å². The van der Waals surface area contributed by atoms with E-state index in [1.807, 2.05) is 24.3 Å². The Balaban J connectivity index is 1.88. The van der Waals surface area contributed by atoms with Crippen LogP contribution in [0.2, 0.25) is 5.02 Å². The molecule has 0 spiro atoms. The molecule has 5 N–H and O–H groups in total. The molecule has 0 unspecified atom stereocenters. The second kappa shape index (κ2) is 15.9. The zero-order valence-electron chi connectivity index (χ0n) is 22.9. The van der Waals surface area contributed by atoms with Crippen molar-refractivity contribution in [3.63, 3.8) is 0 Å². The van der Waals surface area contributed by atoms with Crippen LogP contribution < -0.4 is 20.5 Å². The highest BCUT2D eigenvalue weighted by atomic mass is 35.5. The van der Waals surface area contributed by atoms with Crippen LogP contribution in [-0.4, -0.2) is 24.9 Å². The summed E-state index contributed by atoms with van der Waals surface area (Å²) in [5.74, 6) is 1.22.